The van der Waals surface area contributed by atoms with E-state index in [-0.39, 0.29) is 5.82 Å². The average Bonchev–Trinajstić information content (AvgIpc) is 2.74. The topological polar surface area (TPSA) is 77.0 Å². The van der Waals surface area contributed by atoms with E-state index in [0.717, 1.165) is 5.69 Å². The molecule has 0 aromatic carbocycles. The van der Waals surface area contributed by atoms with Crippen LogP contribution in [0.4, 0.5) is 11.6 Å². The number of hydrogen-bond acceptors (Lipinski definition) is 5. The fourth-order valence-corrected chi connectivity index (χ4v) is 1.53. The van der Waals surface area contributed by atoms with E-state index in [9.17, 15) is 0 Å². The molecule has 0 aliphatic rings. The SMILES string of the molecule is Nc1nc(NCc2ccon2)c(Cl)cc1Cl. The second-order valence-electron chi connectivity index (χ2n) is 3.03. The van der Waals surface area contributed by atoms with Crippen LogP contribution in [0.25, 0.3) is 0 Å². The fourth-order valence-electron chi connectivity index (χ4n) is 1.11. The molecule has 0 aliphatic carbocycles. The lowest BCUT2D eigenvalue weighted by Gasteiger charge is -2.07. The number of rotatable bonds is 3. The largest absolute Gasteiger partial charge is 0.382 e. The molecule has 84 valence electrons. The van der Waals surface area contributed by atoms with Crippen LogP contribution in [0.1, 0.15) is 5.69 Å². The summed E-state index contributed by atoms with van der Waals surface area (Å²) in [7, 11) is 0. The minimum Gasteiger partial charge on any atom is -0.382 e. The summed E-state index contributed by atoms with van der Waals surface area (Å²) in [4.78, 5) is 4.02. The molecule has 2 aromatic heterocycles. The Morgan fingerprint density at radius 3 is 2.88 bits per heavy atom. The molecule has 2 aromatic rings. The van der Waals surface area contributed by atoms with Gasteiger partial charge in [-0.2, -0.15) is 0 Å². The summed E-state index contributed by atoms with van der Waals surface area (Å²) in [6.45, 7) is 0.449. The molecule has 0 amide bonds. The van der Waals surface area contributed by atoms with Crippen LogP contribution < -0.4 is 11.1 Å². The molecule has 0 aliphatic heterocycles. The fraction of sp³-hybridized carbons (Fsp3) is 0.111. The minimum absolute atomic E-state index is 0.230. The molecule has 3 N–H and O–H groups in total. The van der Waals surface area contributed by atoms with E-state index in [0.29, 0.717) is 22.4 Å². The monoisotopic (exact) mass is 258 g/mol. The molecule has 5 nitrogen and oxygen atoms in total. The zero-order valence-corrected chi connectivity index (χ0v) is 9.59. The Morgan fingerprint density at radius 2 is 2.19 bits per heavy atom. The van der Waals surface area contributed by atoms with Crippen LogP contribution in [0.15, 0.2) is 22.9 Å². The minimum atomic E-state index is 0.230. The van der Waals surface area contributed by atoms with Crippen LogP contribution in [0.5, 0.6) is 0 Å². The highest BCUT2D eigenvalue weighted by molar-refractivity contribution is 6.37. The van der Waals surface area contributed by atoms with Gasteiger partial charge in [-0.25, -0.2) is 4.98 Å². The first kappa shape index (κ1) is 11.0. The van der Waals surface area contributed by atoms with Gasteiger partial charge in [-0.05, 0) is 6.07 Å². The van der Waals surface area contributed by atoms with Crippen LogP contribution in [0, 0.1) is 0 Å². The van der Waals surface area contributed by atoms with E-state index in [1.54, 1.807) is 6.07 Å². The number of nitrogen functional groups attached to an aromatic ring is 1. The number of hydrogen-bond donors (Lipinski definition) is 2. The van der Waals surface area contributed by atoms with Crippen molar-refractivity contribution in [1.82, 2.24) is 10.1 Å². The van der Waals surface area contributed by atoms with Crippen molar-refractivity contribution >= 4 is 34.8 Å². The maximum atomic E-state index is 5.93. The van der Waals surface area contributed by atoms with Gasteiger partial charge in [0, 0.05) is 6.07 Å². The maximum Gasteiger partial charge on any atom is 0.147 e. The van der Waals surface area contributed by atoms with E-state index in [1.165, 1.54) is 12.3 Å². The second kappa shape index (κ2) is 4.59. The van der Waals surface area contributed by atoms with Gasteiger partial charge in [0.15, 0.2) is 0 Å². The summed E-state index contributed by atoms with van der Waals surface area (Å²) in [5, 5.41) is 7.45. The highest BCUT2D eigenvalue weighted by atomic mass is 35.5. The molecular formula is C9H8Cl2N4O. The molecule has 2 heterocycles. The number of halogens is 2. The zero-order valence-electron chi connectivity index (χ0n) is 8.08. The lowest BCUT2D eigenvalue weighted by atomic mass is 10.4. The van der Waals surface area contributed by atoms with Crippen molar-refractivity contribution < 1.29 is 4.52 Å². The molecule has 0 saturated heterocycles. The zero-order chi connectivity index (χ0) is 11.5. The molecule has 16 heavy (non-hydrogen) atoms. The van der Waals surface area contributed by atoms with E-state index >= 15 is 0 Å². The third kappa shape index (κ3) is 2.37. The number of nitrogens with one attached hydrogen (secondary N) is 1. The number of pyridine rings is 1. The predicted molar refractivity (Wildman–Crippen MR) is 62.5 cm³/mol. The Balaban J connectivity index is 2.12. The van der Waals surface area contributed by atoms with Crippen molar-refractivity contribution in [1.29, 1.82) is 0 Å². The van der Waals surface area contributed by atoms with Crippen molar-refractivity contribution in [2.45, 2.75) is 6.54 Å². The lowest BCUT2D eigenvalue weighted by Crippen LogP contribution is -2.04. The highest BCUT2D eigenvalue weighted by Gasteiger charge is 2.07. The van der Waals surface area contributed by atoms with Crippen molar-refractivity contribution in [3.63, 3.8) is 0 Å². The van der Waals surface area contributed by atoms with Gasteiger partial charge in [0.2, 0.25) is 0 Å². The summed E-state index contributed by atoms with van der Waals surface area (Å²) in [5.41, 5.74) is 6.30. The average molecular weight is 259 g/mol. The van der Waals surface area contributed by atoms with Gasteiger partial charge in [0.1, 0.15) is 23.6 Å². The molecule has 0 bridgehead atoms. The summed E-state index contributed by atoms with van der Waals surface area (Å²) in [6.07, 6.45) is 1.49. The predicted octanol–water partition coefficient (Wildman–Crippen LogP) is 2.57. The van der Waals surface area contributed by atoms with E-state index in [4.69, 9.17) is 28.9 Å². The molecule has 0 radical (unpaired) electrons. The van der Waals surface area contributed by atoms with Gasteiger partial charge in [0.05, 0.1) is 16.6 Å². The Labute approximate surface area is 102 Å². The summed E-state index contributed by atoms with van der Waals surface area (Å²) >= 11 is 11.7. The first-order chi connectivity index (χ1) is 7.66. The van der Waals surface area contributed by atoms with Crippen molar-refractivity contribution in [2.24, 2.45) is 0 Å². The summed E-state index contributed by atoms with van der Waals surface area (Å²) in [5.74, 6) is 0.695. The van der Waals surface area contributed by atoms with Gasteiger partial charge in [0.25, 0.3) is 0 Å². The molecule has 0 fully saturated rings. The summed E-state index contributed by atoms with van der Waals surface area (Å²) < 4.78 is 4.69. The van der Waals surface area contributed by atoms with Gasteiger partial charge in [-0.3, -0.25) is 0 Å². The van der Waals surface area contributed by atoms with Gasteiger partial charge in [-0.15, -0.1) is 0 Å². The molecule has 0 spiro atoms. The first-order valence-corrected chi connectivity index (χ1v) is 5.17. The quantitative estimate of drug-likeness (QED) is 0.885. The van der Waals surface area contributed by atoms with E-state index in [2.05, 4.69) is 20.0 Å². The molecule has 0 unspecified atom stereocenters. The normalized spacial score (nSPS) is 10.4. The van der Waals surface area contributed by atoms with Gasteiger partial charge in [-0.1, -0.05) is 28.4 Å². The van der Waals surface area contributed by atoms with E-state index in [1.807, 2.05) is 0 Å². The second-order valence-corrected chi connectivity index (χ2v) is 3.84. The Bertz CT molecular complexity index is 487. The van der Waals surface area contributed by atoms with Crippen LogP contribution in [0.2, 0.25) is 10.0 Å². The lowest BCUT2D eigenvalue weighted by molar-refractivity contribution is 0.412. The standard InChI is InChI=1S/C9H8Cl2N4O/c10-6-3-7(11)9(14-8(6)12)13-4-5-1-2-16-15-5/h1-3H,4H2,(H3,12,13,14). The molecule has 0 atom stereocenters. The first-order valence-electron chi connectivity index (χ1n) is 4.41. The van der Waals surface area contributed by atoms with Gasteiger partial charge >= 0.3 is 0 Å². The van der Waals surface area contributed by atoms with Crippen LogP contribution >= 0.6 is 23.2 Å². The molecule has 0 saturated carbocycles. The van der Waals surface area contributed by atoms with Crippen LogP contribution in [-0.4, -0.2) is 10.1 Å². The third-order valence-corrected chi connectivity index (χ3v) is 2.48. The molecule has 7 heteroatoms. The smallest absolute Gasteiger partial charge is 0.147 e. The maximum absolute atomic E-state index is 5.93. The van der Waals surface area contributed by atoms with Crippen molar-refractivity contribution in [3.8, 4) is 0 Å². The Morgan fingerprint density at radius 1 is 1.38 bits per heavy atom. The molecular weight excluding hydrogens is 251 g/mol. The Hall–Kier alpha value is -1.46. The van der Waals surface area contributed by atoms with Gasteiger partial charge < -0.3 is 15.6 Å². The number of anilines is 2. The third-order valence-electron chi connectivity index (χ3n) is 1.88. The highest BCUT2D eigenvalue weighted by Crippen LogP contribution is 2.27. The number of nitrogens with two attached hydrogens (primary N) is 1. The Kier molecular flexibility index (Phi) is 3.17. The van der Waals surface area contributed by atoms with Crippen LogP contribution in [-0.2, 0) is 6.54 Å². The number of nitrogens with zero attached hydrogens (tertiary/aromatic N) is 2. The van der Waals surface area contributed by atoms with Crippen molar-refractivity contribution in [2.75, 3.05) is 11.1 Å². The number of aromatic nitrogens is 2. The van der Waals surface area contributed by atoms with Crippen LogP contribution in [0.3, 0.4) is 0 Å². The summed E-state index contributed by atoms with van der Waals surface area (Å²) in [6, 6.07) is 3.27. The molecule has 2 rings (SSSR count). The van der Waals surface area contributed by atoms with E-state index < -0.39 is 0 Å². The van der Waals surface area contributed by atoms with Crippen molar-refractivity contribution in [3.05, 3.63) is 34.1 Å².